The van der Waals surface area contributed by atoms with E-state index in [-0.39, 0.29) is 12.4 Å². The second-order valence-corrected chi connectivity index (χ2v) is 4.58. The lowest BCUT2D eigenvalue weighted by Crippen LogP contribution is -2.45. The van der Waals surface area contributed by atoms with Crippen LogP contribution in [-0.4, -0.2) is 37.8 Å². The van der Waals surface area contributed by atoms with E-state index in [1.807, 2.05) is 4.90 Å². The van der Waals surface area contributed by atoms with Crippen LogP contribution in [0.1, 0.15) is 17.2 Å². The van der Waals surface area contributed by atoms with E-state index in [1.54, 1.807) is 6.07 Å². The van der Waals surface area contributed by atoms with Crippen molar-refractivity contribution in [3.8, 4) is 0 Å². The molecule has 0 unspecified atom stereocenters. The molecule has 114 valence electrons. The van der Waals surface area contributed by atoms with Gasteiger partial charge < -0.3 is 5.32 Å². The molecule has 2 rings (SSSR count). The average Bonchev–Trinajstić information content (AvgIpc) is 2.40. The van der Waals surface area contributed by atoms with Crippen LogP contribution in [0, 0.1) is 0 Å². The maximum absolute atomic E-state index is 13.2. The third kappa shape index (κ3) is 4.07. The van der Waals surface area contributed by atoms with Gasteiger partial charge >= 0.3 is 6.18 Å². The Kier molecular flexibility index (Phi) is 6.23. The van der Waals surface area contributed by atoms with Crippen LogP contribution < -0.4 is 5.32 Å². The predicted octanol–water partition coefficient (Wildman–Crippen LogP) is 3.04. The Morgan fingerprint density at radius 2 is 1.85 bits per heavy atom. The molecule has 0 spiro atoms. The maximum Gasteiger partial charge on any atom is 0.416 e. The van der Waals surface area contributed by atoms with Gasteiger partial charge in [0.2, 0.25) is 0 Å². The van der Waals surface area contributed by atoms with Crippen LogP contribution in [0.25, 0.3) is 0 Å². The first-order valence-electron chi connectivity index (χ1n) is 6.20. The van der Waals surface area contributed by atoms with E-state index < -0.39 is 24.5 Å². The standard InChI is InChI=1S/C13H16F4N2.ClH/c14-9-12(19-6-4-18-5-7-19)10-2-1-3-11(8-10)13(15,16)17;/h1-3,8,12,18H,4-7,9H2;1H/t12-;/m0./s1. The van der Waals surface area contributed by atoms with Crippen LogP contribution in [0.4, 0.5) is 17.6 Å². The summed E-state index contributed by atoms with van der Waals surface area (Å²) in [7, 11) is 0. The zero-order valence-corrected chi connectivity index (χ0v) is 11.6. The van der Waals surface area contributed by atoms with E-state index in [4.69, 9.17) is 0 Å². The summed E-state index contributed by atoms with van der Waals surface area (Å²) in [5.74, 6) is 0. The number of halogens is 5. The summed E-state index contributed by atoms with van der Waals surface area (Å²) in [6.07, 6.45) is -4.39. The van der Waals surface area contributed by atoms with Crippen LogP contribution in [0.5, 0.6) is 0 Å². The van der Waals surface area contributed by atoms with Gasteiger partial charge in [-0.25, -0.2) is 4.39 Å². The van der Waals surface area contributed by atoms with Gasteiger partial charge in [-0.2, -0.15) is 13.2 Å². The monoisotopic (exact) mass is 312 g/mol. The van der Waals surface area contributed by atoms with Crippen LogP contribution in [0.3, 0.4) is 0 Å². The minimum Gasteiger partial charge on any atom is -0.314 e. The number of nitrogens with zero attached hydrogens (tertiary/aromatic N) is 1. The molecule has 0 bridgehead atoms. The summed E-state index contributed by atoms with van der Waals surface area (Å²) in [6, 6.07) is 4.36. The molecule has 0 aliphatic carbocycles. The van der Waals surface area contributed by atoms with E-state index in [2.05, 4.69) is 5.32 Å². The van der Waals surface area contributed by atoms with E-state index >= 15 is 0 Å². The largest absolute Gasteiger partial charge is 0.416 e. The second kappa shape index (κ2) is 7.24. The van der Waals surface area contributed by atoms with Crippen molar-refractivity contribution in [2.45, 2.75) is 12.2 Å². The quantitative estimate of drug-likeness (QED) is 0.863. The summed E-state index contributed by atoms with van der Waals surface area (Å²) in [5, 5.41) is 3.14. The summed E-state index contributed by atoms with van der Waals surface area (Å²) < 4.78 is 51.2. The van der Waals surface area contributed by atoms with Gasteiger partial charge in [-0.05, 0) is 17.7 Å². The van der Waals surface area contributed by atoms with E-state index in [1.165, 1.54) is 6.07 Å². The van der Waals surface area contributed by atoms with Crippen molar-refractivity contribution < 1.29 is 17.6 Å². The van der Waals surface area contributed by atoms with Crippen LogP contribution >= 0.6 is 12.4 Å². The molecule has 0 amide bonds. The molecule has 1 N–H and O–H groups in total. The van der Waals surface area contributed by atoms with Crippen molar-refractivity contribution in [3.05, 3.63) is 35.4 Å². The van der Waals surface area contributed by atoms with Crippen molar-refractivity contribution in [2.75, 3.05) is 32.9 Å². The highest BCUT2D eigenvalue weighted by Gasteiger charge is 2.31. The van der Waals surface area contributed by atoms with Gasteiger partial charge in [-0.3, -0.25) is 4.90 Å². The van der Waals surface area contributed by atoms with E-state index in [9.17, 15) is 17.6 Å². The molecule has 1 fully saturated rings. The Morgan fingerprint density at radius 3 is 2.40 bits per heavy atom. The summed E-state index contributed by atoms with van der Waals surface area (Å²) >= 11 is 0. The molecule has 1 aliphatic heterocycles. The SMILES string of the molecule is Cl.FC[C@@H](c1cccc(C(F)(F)F)c1)N1CCNCC1. The first kappa shape index (κ1) is 17.2. The number of piperazine rings is 1. The Morgan fingerprint density at radius 1 is 1.20 bits per heavy atom. The third-order valence-corrected chi connectivity index (χ3v) is 3.34. The normalized spacial score (nSPS) is 18.4. The molecule has 1 aromatic rings. The molecule has 7 heteroatoms. The first-order valence-corrected chi connectivity index (χ1v) is 6.20. The summed E-state index contributed by atoms with van der Waals surface area (Å²) in [5.41, 5.74) is -0.335. The van der Waals surface area contributed by atoms with Gasteiger partial charge in [0.1, 0.15) is 6.67 Å². The molecule has 2 nitrogen and oxygen atoms in total. The fourth-order valence-corrected chi connectivity index (χ4v) is 2.31. The van der Waals surface area contributed by atoms with Crippen molar-refractivity contribution >= 4 is 12.4 Å². The lowest BCUT2D eigenvalue weighted by Gasteiger charge is -2.33. The minimum atomic E-state index is -4.39. The molecular weight excluding hydrogens is 296 g/mol. The van der Waals surface area contributed by atoms with Gasteiger partial charge in [0.15, 0.2) is 0 Å². The van der Waals surface area contributed by atoms with Crippen molar-refractivity contribution in [2.24, 2.45) is 0 Å². The zero-order chi connectivity index (χ0) is 13.9. The van der Waals surface area contributed by atoms with Gasteiger partial charge in [-0.15, -0.1) is 12.4 Å². The fourth-order valence-electron chi connectivity index (χ4n) is 2.31. The molecule has 1 aromatic carbocycles. The number of rotatable bonds is 3. The van der Waals surface area contributed by atoms with Gasteiger partial charge in [0.25, 0.3) is 0 Å². The highest BCUT2D eigenvalue weighted by atomic mass is 35.5. The second-order valence-electron chi connectivity index (χ2n) is 4.58. The van der Waals surface area contributed by atoms with E-state index in [0.29, 0.717) is 18.7 Å². The lowest BCUT2D eigenvalue weighted by atomic mass is 10.0. The molecule has 1 aliphatic rings. The molecule has 1 atom stereocenters. The zero-order valence-electron chi connectivity index (χ0n) is 10.8. The Balaban J connectivity index is 0.00000200. The van der Waals surface area contributed by atoms with Crippen LogP contribution in [0.2, 0.25) is 0 Å². The average molecular weight is 313 g/mol. The smallest absolute Gasteiger partial charge is 0.314 e. The van der Waals surface area contributed by atoms with Gasteiger partial charge in [-0.1, -0.05) is 12.1 Å². The van der Waals surface area contributed by atoms with Crippen LogP contribution in [0.15, 0.2) is 24.3 Å². The number of alkyl halides is 4. The fraction of sp³-hybridized carbons (Fsp3) is 0.538. The molecule has 20 heavy (non-hydrogen) atoms. The number of hydrogen-bond acceptors (Lipinski definition) is 2. The van der Waals surface area contributed by atoms with Crippen molar-refractivity contribution in [3.63, 3.8) is 0 Å². The Hall–Kier alpha value is -0.850. The maximum atomic E-state index is 13.2. The first-order chi connectivity index (χ1) is 9.02. The molecule has 0 aromatic heterocycles. The lowest BCUT2D eigenvalue weighted by molar-refractivity contribution is -0.137. The minimum absolute atomic E-state index is 0. The predicted molar refractivity (Wildman–Crippen MR) is 71.9 cm³/mol. The molecule has 0 radical (unpaired) electrons. The number of nitrogens with one attached hydrogen (secondary N) is 1. The van der Waals surface area contributed by atoms with Crippen molar-refractivity contribution in [1.29, 1.82) is 0 Å². The third-order valence-electron chi connectivity index (χ3n) is 3.34. The highest BCUT2D eigenvalue weighted by molar-refractivity contribution is 5.85. The van der Waals surface area contributed by atoms with Gasteiger partial charge in [0.05, 0.1) is 11.6 Å². The number of hydrogen-bond donors (Lipinski definition) is 1. The van der Waals surface area contributed by atoms with Gasteiger partial charge in [0, 0.05) is 26.2 Å². The number of benzene rings is 1. The topological polar surface area (TPSA) is 15.3 Å². The van der Waals surface area contributed by atoms with E-state index in [0.717, 1.165) is 25.2 Å². The van der Waals surface area contributed by atoms with Crippen molar-refractivity contribution in [1.82, 2.24) is 10.2 Å². The molecular formula is C13H17ClF4N2. The Bertz CT molecular complexity index is 419. The molecule has 1 saturated heterocycles. The highest BCUT2D eigenvalue weighted by Crippen LogP contribution is 2.32. The summed E-state index contributed by atoms with van der Waals surface area (Å²) in [4.78, 5) is 1.88. The summed E-state index contributed by atoms with van der Waals surface area (Å²) in [6.45, 7) is 2.07. The molecule has 0 saturated carbocycles. The molecule has 1 heterocycles. The Labute approximate surface area is 121 Å². The van der Waals surface area contributed by atoms with Crippen LogP contribution in [-0.2, 0) is 6.18 Å².